The van der Waals surface area contributed by atoms with Crippen LogP contribution >= 0.6 is 11.3 Å². The Bertz CT molecular complexity index is 692. The van der Waals surface area contributed by atoms with Gasteiger partial charge in [-0.15, -0.1) is 0 Å². The number of benzene rings is 1. The van der Waals surface area contributed by atoms with Crippen LogP contribution in [0.3, 0.4) is 0 Å². The summed E-state index contributed by atoms with van der Waals surface area (Å²) in [6.45, 7) is 2.00. The molecule has 2 nitrogen and oxygen atoms in total. The number of furan rings is 1. The number of carbonyl (C=O) groups is 1. The molecule has 0 saturated carbocycles. The summed E-state index contributed by atoms with van der Waals surface area (Å²) in [7, 11) is 0. The molecule has 0 fully saturated rings. The summed E-state index contributed by atoms with van der Waals surface area (Å²) in [5, 5.41) is 4.70. The normalized spacial score (nSPS) is 10.9. The number of para-hydroxylation sites is 1. The lowest BCUT2D eigenvalue weighted by atomic mass is 10.0. The highest BCUT2D eigenvalue weighted by Gasteiger charge is 2.20. The quantitative estimate of drug-likeness (QED) is 0.654. The van der Waals surface area contributed by atoms with E-state index in [-0.39, 0.29) is 5.78 Å². The molecule has 0 aliphatic rings. The van der Waals surface area contributed by atoms with Gasteiger partial charge in [0.15, 0.2) is 5.78 Å². The number of rotatable bonds is 3. The van der Waals surface area contributed by atoms with Gasteiger partial charge in [0.2, 0.25) is 0 Å². The molecule has 0 saturated heterocycles. The lowest BCUT2D eigenvalue weighted by Gasteiger charge is -1.98. The fourth-order valence-corrected chi connectivity index (χ4v) is 2.77. The first-order chi connectivity index (χ1) is 8.81. The average Bonchev–Trinajstić information content (AvgIpc) is 3.04. The van der Waals surface area contributed by atoms with E-state index in [1.165, 1.54) is 11.3 Å². The Hall–Kier alpha value is -1.87. The second-order valence-electron chi connectivity index (χ2n) is 4.09. The molecule has 0 bridgehead atoms. The van der Waals surface area contributed by atoms with Crippen LogP contribution in [0, 0.1) is 0 Å². The largest absolute Gasteiger partial charge is 0.460 e. The molecule has 0 atom stereocenters. The Kier molecular flexibility index (Phi) is 2.76. The molecule has 18 heavy (non-hydrogen) atoms. The van der Waals surface area contributed by atoms with E-state index < -0.39 is 0 Å². The van der Waals surface area contributed by atoms with Crippen molar-refractivity contribution >= 4 is 28.1 Å². The fraction of sp³-hybridized carbons (Fsp3) is 0.133. The van der Waals surface area contributed by atoms with E-state index >= 15 is 0 Å². The first kappa shape index (κ1) is 11.2. The zero-order valence-electron chi connectivity index (χ0n) is 9.97. The minimum Gasteiger partial charge on any atom is -0.460 e. The summed E-state index contributed by atoms with van der Waals surface area (Å²) < 4.78 is 5.75. The van der Waals surface area contributed by atoms with Crippen molar-refractivity contribution in [1.82, 2.24) is 0 Å². The summed E-state index contributed by atoms with van der Waals surface area (Å²) in [6.07, 6.45) is 0.722. The predicted molar refractivity (Wildman–Crippen MR) is 73.3 cm³/mol. The number of aryl methyl sites for hydroxylation is 1. The highest BCUT2D eigenvalue weighted by Crippen LogP contribution is 2.28. The van der Waals surface area contributed by atoms with Crippen molar-refractivity contribution in [1.29, 1.82) is 0 Å². The van der Waals surface area contributed by atoms with Gasteiger partial charge in [0.05, 0.1) is 5.56 Å². The number of carbonyl (C=O) groups excluding carboxylic acids is 1. The number of hydrogen-bond acceptors (Lipinski definition) is 3. The first-order valence-electron chi connectivity index (χ1n) is 5.88. The molecule has 0 unspecified atom stereocenters. The van der Waals surface area contributed by atoms with Gasteiger partial charge in [-0.3, -0.25) is 4.79 Å². The lowest BCUT2D eigenvalue weighted by molar-refractivity contribution is 0.103. The second-order valence-corrected chi connectivity index (χ2v) is 4.87. The van der Waals surface area contributed by atoms with Gasteiger partial charge in [-0.1, -0.05) is 25.1 Å². The summed E-state index contributed by atoms with van der Waals surface area (Å²) in [6, 6.07) is 9.55. The van der Waals surface area contributed by atoms with Gasteiger partial charge in [0.25, 0.3) is 0 Å². The third-order valence-corrected chi connectivity index (χ3v) is 3.68. The average molecular weight is 256 g/mol. The Morgan fingerprint density at radius 1 is 1.28 bits per heavy atom. The van der Waals surface area contributed by atoms with Crippen LogP contribution in [-0.4, -0.2) is 5.78 Å². The fourth-order valence-electron chi connectivity index (χ4n) is 2.13. The van der Waals surface area contributed by atoms with Crippen LogP contribution < -0.4 is 0 Å². The van der Waals surface area contributed by atoms with Crippen LogP contribution in [-0.2, 0) is 6.42 Å². The molecule has 0 aliphatic heterocycles. The zero-order valence-corrected chi connectivity index (χ0v) is 10.8. The third kappa shape index (κ3) is 1.68. The van der Waals surface area contributed by atoms with Gasteiger partial charge in [-0.2, -0.15) is 11.3 Å². The van der Waals surface area contributed by atoms with Crippen molar-refractivity contribution < 1.29 is 9.21 Å². The molecule has 3 rings (SSSR count). The van der Waals surface area contributed by atoms with Crippen molar-refractivity contribution in [2.24, 2.45) is 0 Å². The molecular formula is C15H12O2S. The van der Waals surface area contributed by atoms with Crippen LogP contribution in [0.25, 0.3) is 11.0 Å². The Labute approximate surface area is 109 Å². The zero-order chi connectivity index (χ0) is 12.5. The van der Waals surface area contributed by atoms with E-state index in [1.54, 1.807) is 0 Å². The van der Waals surface area contributed by atoms with Crippen molar-refractivity contribution in [3.63, 3.8) is 0 Å². The predicted octanol–water partition coefficient (Wildman–Crippen LogP) is 4.29. The van der Waals surface area contributed by atoms with Crippen molar-refractivity contribution in [2.45, 2.75) is 13.3 Å². The molecular weight excluding hydrogens is 244 g/mol. The minimum atomic E-state index is 0.0538. The Morgan fingerprint density at radius 3 is 2.83 bits per heavy atom. The number of hydrogen-bond donors (Lipinski definition) is 0. The maximum absolute atomic E-state index is 12.5. The van der Waals surface area contributed by atoms with Gasteiger partial charge in [-0.05, 0) is 17.5 Å². The number of fused-ring (bicyclic) bond motifs is 1. The molecule has 0 radical (unpaired) electrons. The molecule has 0 amide bonds. The smallest absolute Gasteiger partial charge is 0.198 e. The Morgan fingerprint density at radius 2 is 2.11 bits per heavy atom. The standard InChI is InChI=1S/C15H12O2S/c1-2-12-14(15(16)10-7-8-18-9-10)11-5-3-4-6-13(11)17-12/h3-9H,2H2,1H3. The van der Waals surface area contributed by atoms with E-state index in [4.69, 9.17) is 4.42 Å². The van der Waals surface area contributed by atoms with Gasteiger partial charge < -0.3 is 4.42 Å². The van der Waals surface area contributed by atoms with E-state index in [9.17, 15) is 4.79 Å². The molecule has 0 spiro atoms. The molecule has 3 heteroatoms. The highest BCUT2D eigenvalue weighted by atomic mass is 32.1. The number of thiophene rings is 1. The van der Waals surface area contributed by atoms with Crippen molar-refractivity contribution in [3.05, 3.63) is 58.0 Å². The van der Waals surface area contributed by atoms with Gasteiger partial charge in [0, 0.05) is 22.8 Å². The van der Waals surface area contributed by atoms with Crippen LogP contribution in [0.1, 0.15) is 28.6 Å². The summed E-state index contributed by atoms with van der Waals surface area (Å²) >= 11 is 1.53. The lowest BCUT2D eigenvalue weighted by Crippen LogP contribution is -2.01. The van der Waals surface area contributed by atoms with Gasteiger partial charge >= 0.3 is 0 Å². The van der Waals surface area contributed by atoms with Crippen LogP contribution in [0.5, 0.6) is 0 Å². The third-order valence-electron chi connectivity index (χ3n) is 3.00. The first-order valence-corrected chi connectivity index (χ1v) is 6.83. The van der Waals surface area contributed by atoms with E-state index in [0.29, 0.717) is 5.56 Å². The summed E-state index contributed by atoms with van der Waals surface area (Å²) in [5.74, 6) is 0.824. The minimum absolute atomic E-state index is 0.0538. The summed E-state index contributed by atoms with van der Waals surface area (Å²) in [5.41, 5.74) is 2.24. The molecule has 1 aromatic carbocycles. The number of ketones is 1. The molecule has 90 valence electrons. The van der Waals surface area contributed by atoms with Gasteiger partial charge in [0.1, 0.15) is 11.3 Å². The monoisotopic (exact) mass is 256 g/mol. The second kappa shape index (κ2) is 4.42. The van der Waals surface area contributed by atoms with Crippen LogP contribution in [0.15, 0.2) is 45.5 Å². The summed E-state index contributed by atoms with van der Waals surface area (Å²) in [4.78, 5) is 12.5. The molecule has 2 aromatic heterocycles. The van der Waals surface area contributed by atoms with Gasteiger partial charge in [-0.25, -0.2) is 0 Å². The van der Waals surface area contributed by atoms with E-state index in [2.05, 4.69) is 0 Å². The van der Waals surface area contributed by atoms with Crippen molar-refractivity contribution in [3.8, 4) is 0 Å². The van der Waals surface area contributed by atoms with Crippen LogP contribution in [0.2, 0.25) is 0 Å². The Balaban J connectivity index is 2.24. The van der Waals surface area contributed by atoms with E-state index in [0.717, 1.165) is 28.7 Å². The van der Waals surface area contributed by atoms with E-state index in [1.807, 2.05) is 48.0 Å². The van der Waals surface area contributed by atoms with Crippen LogP contribution in [0.4, 0.5) is 0 Å². The topological polar surface area (TPSA) is 30.2 Å². The molecule has 0 N–H and O–H groups in total. The van der Waals surface area contributed by atoms with Crippen molar-refractivity contribution in [2.75, 3.05) is 0 Å². The maximum atomic E-state index is 12.5. The highest BCUT2D eigenvalue weighted by molar-refractivity contribution is 7.08. The molecule has 3 aromatic rings. The molecule has 0 aliphatic carbocycles. The SMILES string of the molecule is CCc1oc2ccccc2c1C(=O)c1ccsc1. The maximum Gasteiger partial charge on any atom is 0.198 e. The molecule has 2 heterocycles.